The third kappa shape index (κ3) is 6.14. The number of anilines is 1. The standard InChI is InChI=1S/C23H27N3O2S/c1-17(2)26(20-10-5-4-6-11-20)15-21(27)16-28-22-12-8-7-9-19(22)13-14-23-25-24-18(3)29-23/h4-14,17,21,27H,15-16H2,1-3H3/b14-13-. The third-order valence-electron chi connectivity index (χ3n) is 4.42. The Bertz CT molecular complexity index is 925. The van der Waals surface area contributed by atoms with Crippen LogP contribution >= 0.6 is 11.3 Å². The molecule has 1 N–H and O–H groups in total. The number of rotatable bonds is 9. The second-order valence-corrected chi connectivity index (χ2v) is 8.29. The van der Waals surface area contributed by atoms with E-state index in [4.69, 9.17) is 4.74 Å². The summed E-state index contributed by atoms with van der Waals surface area (Å²) in [5.41, 5.74) is 2.04. The maximum absolute atomic E-state index is 10.6. The predicted octanol–water partition coefficient (Wildman–Crippen LogP) is 4.67. The van der Waals surface area contributed by atoms with E-state index < -0.39 is 6.10 Å². The summed E-state index contributed by atoms with van der Waals surface area (Å²) in [6.45, 7) is 6.90. The molecule has 1 atom stereocenters. The second-order valence-electron chi connectivity index (χ2n) is 7.08. The van der Waals surface area contributed by atoms with Gasteiger partial charge in [0.2, 0.25) is 0 Å². The smallest absolute Gasteiger partial charge is 0.140 e. The van der Waals surface area contributed by atoms with E-state index >= 15 is 0 Å². The van der Waals surface area contributed by atoms with Crippen LogP contribution in [-0.2, 0) is 0 Å². The number of aliphatic hydroxyl groups is 1. The van der Waals surface area contributed by atoms with Crippen LogP contribution in [0.5, 0.6) is 5.75 Å². The van der Waals surface area contributed by atoms with Crippen LogP contribution in [0.2, 0.25) is 0 Å². The number of hydrogen-bond donors (Lipinski definition) is 1. The van der Waals surface area contributed by atoms with Crippen molar-refractivity contribution < 1.29 is 9.84 Å². The van der Waals surface area contributed by atoms with Crippen LogP contribution in [0.15, 0.2) is 54.6 Å². The largest absolute Gasteiger partial charge is 0.490 e. The molecule has 29 heavy (non-hydrogen) atoms. The lowest BCUT2D eigenvalue weighted by Crippen LogP contribution is -2.40. The van der Waals surface area contributed by atoms with Gasteiger partial charge >= 0.3 is 0 Å². The minimum Gasteiger partial charge on any atom is -0.490 e. The van der Waals surface area contributed by atoms with Crippen LogP contribution in [0.25, 0.3) is 12.2 Å². The van der Waals surface area contributed by atoms with Gasteiger partial charge in [-0.15, -0.1) is 10.2 Å². The van der Waals surface area contributed by atoms with Crippen molar-refractivity contribution in [1.82, 2.24) is 10.2 Å². The number of para-hydroxylation sites is 2. The molecule has 2 aromatic carbocycles. The van der Waals surface area contributed by atoms with Crippen molar-refractivity contribution in [3.63, 3.8) is 0 Å². The summed E-state index contributed by atoms with van der Waals surface area (Å²) in [5.74, 6) is 0.736. The highest BCUT2D eigenvalue weighted by Crippen LogP contribution is 2.22. The van der Waals surface area contributed by atoms with Crippen LogP contribution < -0.4 is 9.64 Å². The molecule has 0 aliphatic carbocycles. The van der Waals surface area contributed by atoms with Gasteiger partial charge in [-0.25, -0.2) is 0 Å². The maximum Gasteiger partial charge on any atom is 0.140 e. The van der Waals surface area contributed by atoms with E-state index in [-0.39, 0.29) is 12.6 Å². The van der Waals surface area contributed by atoms with Gasteiger partial charge in [0.1, 0.15) is 28.5 Å². The van der Waals surface area contributed by atoms with E-state index in [9.17, 15) is 5.11 Å². The Morgan fingerprint density at radius 1 is 1.03 bits per heavy atom. The van der Waals surface area contributed by atoms with Crippen LogP contribution in [0, 0.1) is 6.92 Å². The molecule has 0 aliphatic heterocycles. The van der Waals surface area contributed by atoms with Crippen molar-refractivity contribution in [1.29, 1.82) is 0 Å². The van der Waals surface area contributed by atoms with Gasteiger partial charge < -0.3 is 14.7 Å². The van der Waals surface area contributed by atoms with Gasteiger partial charge in [0, 0.05) is 23.8 Å². The molecule has 0 fully saturated rings. The molecule has 0 bridgehead atoms. The Balaban J connectivity index is 1.62. The van der Waals surface area contributed by atoms with Gasteiger partial charge in [0.25, 0.3) is 0 Å². The van der Waals surface area contributed by atoms with Crippen molar-refractivity contribution in [3.05, 3.63) is 70.2 Å². The topological polar surface area (TPSA) is 58.5 Å². The lowest BCUT2D eigenvalue weighted by molar-refractivity contribution is 0.111. The molecule has 1 aromatic heterocycles. The zero-order valence-electron chi connectivity index (χ0n) is 17.0. The lowest BCUT2D eigenvalue weighted by atomic mass is 10.2. The quantitative estimate of drug-likeness (QED) is 0.556. The SMILES string of the molecule is Cc1nnc(/C=C\c2ccccc2OCC(O)CN(c2ccccc2)C(C)C)s1. The Kier molecular flexibility index (Phi) is 7.38. The van der Waals surface area contributed by atoms with Crippen LogP contribution in [-0.4, -0.2) is 40.6 Å². The summed E-state index contributed by atoms with van der Waals surface area (Å²) < 4.78 is 5.95. The molecule has 3 rings (SSSR count). The minimum atomic E-state index is -0.611. The average molecular weight is 410 g/mol. The zero-order chi connectivity index (χ0) is 20.6. The molecule has 0 saturated carbocycles. The normalized spacial score (nSPS) is 12.4. The molecule has 6 heteroatoms. The first-order valence-corrected chi connectivity index (χ1v) is 10.5. The lowest BCUT2D eigenvalue weighted by Gasteiger charge is -2.31. The number of aliphatic hydroxyl groups excluding tert-OH is 1. The molecular formula is C23H27N3O2S. The van der Waals surface area contributed by atoms with Gasteiger partial charge in [0.05, 0.1) is 0 Å². The third-order valence-corrected chi connectivity index (χ3v) is 5.22. The fraction of sp³-hybridized carbons (Fsp3) is 0.304. The molecule has 0 spiro atoms. The Hall–Kier alpha value is -2.70. The Morgan fingerprint density at radius 2 is 1.76 bits per heavy atom. The van der Waals surface area contributed by atoms with Crippen LogP contribution in [0.3, 0.4) is 0 Å². The van der Waals surface area contributed by atoms with E-state index in [0.717, 1.165) is 27.0 Å². The van der Waals surface area contributed by atoms with Crippen molar-refractivity contribution >= 4 is 29.2 Å². The molecule has 0 aliphatic rings. The number of nitrogens with zero attached hydrogens (tertiary/aromatic N) is 3. The van der Waals surface area contributed by atoms with E-state index in [1.165, 1.54) is 0 Å². The minimum absolute atomic E-state index is 0.221. The summed E-state index contributed by atoms with van der Waals surface area (Å²) in [7, 11) is 0. The number of hydrogen-bond acceptors (Lipinski definition) is 6. The fourth-order valence-electron chi connectivity index (χ4n) is 2.99. The number of aryl methyl sites for hydroxylation is 1. The van der Waals surface area contributed by atoms with E-state index in [1.807, 2.05) is 61.5 Å². The number of benzene rings is 2. The van der Waals surface area contributed by atoms with E-state index in [1.54, 1.807) is 11.3 Å². The predicted molar refractivity (Wildman–Crippen MR) is 120 cm³/mol. The Morgan fingerprint density at radius 3 is 2.45 bits per heavy atom. The highest BCUT2D eigenvalue weighted by atomic mass is 32.1. The van der Waals surface area contributed by atoms with Gasteiger partial charge in [-0.1, -0.05) is 47.7 Å². The fourth-order valence-corrected chi connectivity index (χ4v) is 3.59. The van der Waals surface area contributed by atoms with Crippen molar-refractivity contribution in [2.75, 3.05) is 18.1 Å². The summed E-state index contributed by atoms with van der Waals surface area (Å²) >= 11 is 1.54. The highest BCUT2D eigenvalue weighted by Gasteiger charge is 2.16. The molecule has 1 heterocycles. The van der Waals surface area contributed by atoms with Gasteiger partial charge in [-0.05, 0) is 51.1 Å². The van der Waals surface area contributed by atoms with E-state index in [2.05, 4.69) is 41.1 Å². The first-order valence-electron chi connectivity index (χ1n) is 9.72. The average Bonchev–Trinajstić information content (AvgIpc) is 3.15. The Labute approximate surface area is 176 Å². The van der Waals surface area contributed by atoms with Crippen molar-refractivity contribution in [2.24, 2.45) is 0 Å². The van der Waals surface area contributed by atoms with Gasteiger partial charge in [0.15, 0.2) is 0 Å². The van der Waals surface area contributed by atoms with Crippen LogP contribution in [0.4, 0.5) is 5.69 Å². The molecule has 3 aromatic rings. The van der Waals surface area contributed by atoms with E-state index in [0.29, 0.717) is 6.54 Å². The van der Waals surface area contributed by atoms with Gasteiger partial charge in [-0.2, -0.15) is 0 Å². The molecule has 0 amide bonds. The zero-order valence-corrected chi connectivity index (χ0v) is 17.8. The number of ether oxygens (including phenoxy) is 1. The molecule has 0 saturated heterocycles. The second kappa shape index (κ2) is 10.2. The number of aromatic nitrogens is 2. The van der Waals surface area contributed by atoms with Crippen molar-refractivity contribution in [3.8, 4) is 5.75 Å². The molecular weight excluding hydrogens is 382 g/mol. The molecule has 5 nitrogen and oxygen atoms in total. The maximum atomic E-state index is 10.6. The monoisotopic (exact) mass is 409 g/mol. The highest BCUT2D eigenvalue weighted by molar-refractivity contribution is 7.12. The first kappa shape index (κ1) is 21.0. The van der Waals surface area contributed by atoms with Crippen molar-refractivity contribution in [2.45, 2.75) is 32.9 Å². The summed E-state index contributed by atoms with van der Waals surface area (Å²) in [6.07, 6.45) is 3.28. The first-order chi connectivity index (χ1) is 14.0. The van der Waals surface area contributed by atoms with Crippen LogP contribution in [0.1, 0.15) is 29.4 Å². The molecule has 152 valence electrons. The molecule has 1 unspecified atom stereocenters. The summed E-state index contributed by atoms with van der Waals surface area (Å²) in [6, 6.07) is 18.2. The summed E-state index contributed by atoms with van der Waals surface area (Å²) in [4.78, 5) is 2.18. The molecule has 0 radical (unpaired) electrons. The summed E-state index contributed by atoms with van der Waals surface area (Å²) in [5, 5.41) is 20.5. The van der Waals surface area contributed by atoms with Gasteiger partial charge in [-0.3, -0.25) is 0 Å².